The van der Waals surface area contributed by atoms with Crippen LogP contribution in [-0.2, 0) is 11.2 Å². The fraction of sp³-hybridized carbons (Fsp3) is 0.286. The number of carbonyl (C=O) groups is 2. The van der Waals surface area contributed by atoms with Gasteiger partial charge in [0.2, 0.25) is 0 Å². The van der Waals surface area contributed by atoms with E-state index in [2.05, 4.69) is 20.4 Å². The lowest BCUT2D eigenvalue weighted by Gasteiger charge is -2.20. The van der Waals surface area contributed by atoms with E-state index >= 15 is 0 Å². The number of amides is 2. The number of carbonyl (C=O) groups excluding carboxylic acids is 2. The average molecular weight is 391 g/mol. The molecule has 8 heteroatoms. The molecule has 29 heavy (non-hydrogen) atoms. The van der Waals surface area contributed by atoms with E-state index in [1.54, 1.807) is 25.5 Å². The molecule has 1 aromatic carbocycles. The second-order valence-electron chi connectivity index (χ2n) is 7.17. The summed E-state index contributed by atoms with van der Waals surface area (Å²) in [6.45, 7) is 1.97. The van der Waals surface area contributed by atoms with Gasteiger partial charge in [0, 0.05) is 37.8 Å². The van der Waals surface area contributed by atoms with E-state index in [1.807, 2.05) is 37.3 Å². The molecule has 0 saturated heterocycles. The van der Waals surface area contributed by atoms with Gasteiger partial charge in [0.25, 0.3) is 11.8 Å². The molecule has 3 heterocycles. The molecule has 2 atom stereocenters. The molecule has 1 N–H and O–H groups in total. The number of benzene rings is 1. The summed E-state index contributed by atoms with van der Waals surface area (Å²) in [5.41, 5.74) is 1.95. The molecule has 2 amide bonds. The quantitative estimate of drug-likeness (QED) is 0.732. The largest absolute Gasteiger partial charge is 0.360 e. The topological polar surface area (TPSA) is 101 Å². The van der Waals surface area contributed by atoms with E-state index < -0.39 is 11.9 Å². The number of nitrogens with one attached hydrogen (secondary N) is 1. The molecule has 0 saturated carbocycles. The van der Waals surface area contributed by atoms with Crippen molar-refractivity contribution in [3.05, 3.63) is 71.5 Å². The Bertz CT molecular complexity index is 1030. The van der Waals surface area contributed by atoms with Crippen molar-refractivity contribution in [2.45, 2.75) is 31.7 Å². The van der Waals surface area contributed by atoms with Crippen molar-refractivity contribution in [1.82, 2.24) is 20.4 Å². The van der Waals surface area contributed by atoms with Crippen LogP contribution < -0.4 is 10.2 Å². The predicted molar refractivity (Wildman–Crippen MR) is 105 cm³/mol. The molecule has 0 bridgehead atoms. The minimum absolute atomic E-state index is 0.0381. The molecule has 0 fully saturated rings. The lowest BCUT2D eigenvalue weighted by Crippen LogP contribution is -2.47. The van der Waals surface area contributed by atoms with Gasteiger partial charge in [-0.25, -0.2) is 4.98 Å². The van der Waals surface area contributed by atoms with E-state index in [-0.39, 0.29) is 17.5 Å². The minimum Gasteiger partial charge on any atom is -0.360 e. The molecule has 4 rings (SSSR count). The van der Waals surface area contributed by atoms with Gasteiger partial charge in [0.15, 0.2) is 11.5 Å². The van der Waals surface area contributed by atoms with E-state index in [0.29, 0.717) is 24.4 Å². The van der Waals surface area contributed by atoms with Crippen LogP contribution in [-0.4, -0.2) is 40.0 Å². The third kappa shape index (κ3) is 3.87. The maximum atomic E-state index is 12.9. The van der Waals surface area contributed by atoms with Crippen molar-refractivity contribution in [2.24, 2.45) is 0 Å². The van der Waals surface area contributed by atoms with Crippen LogP contribution in [0.25, 0.3) is 0 Å². The number of likely N-dealkylation sites (N-methyl/N-ethyl adjacent to an activating group) is 1. The van der Waals surface area contributed by atoms with E-state index in [4.69, 9.17) is 4.52 Å². The van der Waals surface area contributed by atoms with Gasteiger partial charge in [-0.2, -0.15) is 0 Å². The lowest BCUT2D eigenvalue weighted by molar-refractivity contribution is -0.120. The van der Waals surface area contributed by atoms with Crippen LogP contribution in [0.2, 0.25) is 0 Å². The number of anilines is 1. The molecule has 1 aliphatic rings. The second-order valence-corrected chi connectivity index (χ2v) is 7.17. The van der Waals surface area contributed by atoms with Crippen LogP contribution in [0.3, 0.4) is 0 Å². The SMILES string of the molecule is C[C@H]1C[C@@H](NC(=O)c2cc(Cc3ccccc3)on2)C(=O)N(C)c2nccnc21. The first-order valence-electron chi connectivity index (χ1n) is 9.41. The summed E-state index contributed by atoms with van der Waals surface area (Å²) in [5, 5.41) is 6.66. The molecule has 148 valence electrons. The minimum atomic E-state index is -0.701. The maximum Gasteiger partial charge on any atom is 0.274 e. The highest BCUT2D eigenvalue weighted by Gasteiger charge is 2.34. The third-order valence-corrected chi connectivity index (χ3v) is 5.03. The van der Waals surface area contributed by atoms with Crippen LogP contribution in [0.15, 0.2) is 53.3 Å². The van der Waals surface area contributed by atoms with E-state index in [0.717, 1.165) is 11.3 Å². The molecule has 0 spiro atoms. The van der Waals surface area contributed by atoms with E-state index in [9.17, 15) is 9.59 Å². The average Bonchev–Trinajstić information content (AvgIpc) is 3.18. The van der Waals surface area contributed by atoms with Gasteiger partial charge in [0.05, 0.1) is 5.69 Å². The van der Waals surface area contributed by atoms with Gasteiger partial charge in [0.1, 0.15) is 11.8 Å². The first-order valence-corrected chi connectivity index (χ1v) is 9.41. The fourth-order valence-electron chi connectivity index (χ4n) is 3.50. The Morgan fingerprint density at radius 2 is 2.00 bits per heavy atom. The highest BCUT2D eigenvalue weighted by molar-refractivity contribution is 6.01. The Morgan fingerprint density at radius 3 is 2.79 bits per heavy atom. The zero-order valence-electron chi connectivity index (χ0n) is 16.2. The molecule has 1 aliphatic heterocycles. The Labute approximate surface area is 167 Å². The standard InChI is InChI=1S/C21H21N5O3/c1-13-10-17(21(28)26(2)19-18(13)22-8-9-23-19)24-20(27)16-12-15(29-25-16)11-14-6-4-3-5-7-14/h3-9,12-13,17H,10-11H2,1-2H3,(H,24,27)/t13-,17+/m0/s1. The zero-order valence-corrected chi connectivity index (χ0v) is 16.2. The molecule has 3 aromatic rings. The van der Waals surface area contributed by atoms with Crippen LogP contribution in [0.5, 0.6) is 0 Å². The first kappa shape index (κ1) is 18.8. The maximum absolute atomic E-state index is 12.9. The normalized spacial score (nSPS) is 18.8. The van der Waals surface area contributed by atoms with Crippen LogP contribution >= 0.6 is 0 Å². The van der Waals surface area contributed by atoms with Crippen LogP contribution in [0.4, 0.5) is 5.82 Å². The van der Waals surface area contributed by atoms with Crippen molar-refractivity contribution >= 4 is 17.6 Å². The molecule has 8 nitrogen and oxygen atoms in total. The van der Waals surface area contributed by atoms with Gasteiger partial charge in [-0.15, -0.1) is 0 Å². The van der Waals surface area contributed by atoms with Crippen molar-refractivity contribution < 1.29 is 14.1 Å². The zero-order chi connectivity index (χ0) is 20.4. The van der Waals surface area contributed by atoms with Crippen LogP contribution in [0.1, 0.15) is 46.8 Å². The summed E-state index contributed by atoms with van der Waals surface area (Å²) in [5.74, 6) is 0.383. The summed E-state index contributed by atoms with van der Waals surface area (Å²) >= 11 is 0. The monoisotopic (exact) mass is 391 g/mol. The molecule has 0 radical (unpaired) electrons. The number of fused-ring (bicyclic) bond motifs is 1. The molecule has 0 aliphatic carbocycles. The summed E-state index contributed by atoms with van der Waals surface area (Å²) in [7, 11) is 1.64. The molecule has 0 unspecified atom stereocenters. The highest BCUT2D eigenvalue weighted by atomic mass is 16.5. The Balaban J connectivity index is 1.48. The Morgan fingerprint density at radius 1 is 1.24 bits per heavy atom. The molecule has 2 aromatic heterocycles. The fourth-order valence-corrected chi connectivity index (χ4v) is 3.50. The van der Waals surface area contributed by atoms with Gasteiger partial charge in [-0.1, -0.05) is 42.4 Å². The number of nitrogens with zero attached hydrogens (tertiary/aromatic N) is 4. The van der Waals surface area contributed by atoms with Gasteiger partial charge in [-0.3, -0.25) is 19.5 Å². The summed E-state index contributed by atoms with van der Waals surface area (Å²) in [6.07, 6.45) is 4.12. The van der Waals surface area contributed by atoms with Gasteiger partial charge >= 0.3 is 0 Å². The Hall–Kier alpha value is -3.55. The first-order chi connectivity index (χ1) is 14.0. The van der Waals surface area contributed by atoms with Crippen molar-refractivity contribution in [1.29, 1.82) is 0 Å². The highest BCUT2D eigenvalue weighted by Crippen LogP contribution is 2.30. The van der Waals surface area contributed by atoms with Crippen molar-refractivity contribution in [3.63, 3.8) is 0 Å². The predicted octanol–water partition coefficient (Wildman–Crippen LogP) is 2.32. The Kier molecular flexibility index (Phi) is 5.07. The second kappa shape index (κ2) is 7.83. The number of hydrogen-bond acceptors (Lipinski definition) is 6. The van der Waals surface area contributed by atoms with Crippen molar-refractivity contribution in [2.75, 3.05) is 11.9 Å². The number of aromatic nitrogens is 3. The molecular weight excluding hydrogens is 370 g/mol. The smallest absolute Gasteiger partial charge is 0.274 e. The number of hydrogen-bond donors (Lipinski definition) is 1. The third-order valence-electron chi connectivity index (χ3n) is 5.03. The molecular formula is C21H21N5O3. The van der Waals surface area contributed by atoms with Crippen molar-refractivity contribution in [3.8, 4) is 0 Å². The summed E-state index contributed by atoms with van der Waals surface area (Å²) < 4.78 is 5.30. The lowest BCUT2D eigenvalue weighted by atomic mass is 9.99. The summed E-state index contributed by atoms with van der Waals surface area (Å²) in [4.78, 5) is 35.6. The van der Waals surface area contributed by atoms with Crippen LogP contribution in [0, 0.1) is 0 Å². The van der Waals surface area contributed by atoms with Gasteiger partial charge < -0.3 is 9.84 Å². The summed E-state index contributed by atoms with van der Waals surface area (Å²) in [6, 6.07) is 10.7. The van der Waals surface area contributed by atoms with E-state index in [1.165, 1.54) is 4.90 Å². The number of rotatable bonds is 4. The van der Waals surface area contributed by atoms with Gasteiger partial charge in [-0.05, 0) is 12.0 Å².